The lowest BCUT2D eigenvalue weighted by Crippen LogP contribution is -2.36. The third-order valence-corrected chi connectivity index (χ3v) is 4.49. The molecule has 0 aromatic carbocycles. The highest BCUT2D eigenvalue weighted by atomic mass is 15.1. The summed E-state index contributed by atoms with van der Waals surface area (Å²) in [5.74, 6) is 2.66. The molecular weight excluding hydrogens is 272 g/mol. The van der Waals surface area contributed by atoms with Crippen molar-refractivity contribution in [2.75, 3.05) is 0 Å². The molecule has 2 rings (SSSR count). The summed E-state index contributed by atoms with van der Waals surface area (Å²) in [6, 6.07) is 0. The molecule has 2 heterocycles. The van der Waals surface area contributed by atoms with E-state index in [1.54, 1.807) is 0 Å². The molecule has 0 saturated carbocycles. The molecule has 2 aromatic rings. The number of rotatable bonds is 4. The minimum Gasteiger partial charge on any atom is -0.245 e. The fourth-order valence-corrected chi connectivity index (χ4v) is 3.21. The van der Waals surface area contributed by atoms with Crippen LogP contribution in [-0.2, 0) is 39.9 Å². The Balaban J connectivity index is 0.000000220. The van der Waals surface area contributed by atoms with Gasteiger partial charge in [0, 0.05) is 33.1 Å². The Bertz CT molecular complexity index is 551. The standard InChI is InChI=1S/C9H17N2.C9H16N2/c1-5-8-7-10(3)9(6-2)11(8)4;1-5-9-7(3)11(6-2)8(4)10-9/h7H,5-6H2,1-4H3;5-6H2,1-4H3/q+1;/p+1. The zero-order valence-electron chi connectivity index (χ0n) is 15.7. The number of aryl methyl sites for hydroxylation is 4. The van der Waals surface area contributed by atoms with E-state index in [-0.39, 0.29) is 0 Å². The lowest BCUT2D eigenvalue weighted by atomic mass is 10.3. The Morgan fingerprint density at radius 3 is 1.95 bits per heavy atom. The van der Waals surface area contributed by atoms with Crippen molar-refractivity contribution >= 4 is 0 Å². The molecular formula is C18H34N4+2. The van der Waals surface area contributed by atoms with Gasteiger partial charge >= 0.3 is 0 Å². The number of imidazole rings is 2. The van der Waals surface area contributed by atoms with Gasteiger partial charge in [-0.2, -0.15) is 0 Å². The summed E-state index contributed by atoms with van der Waals surface area (Å²) < 4.78 is 6.79. The number of nitrogens with one attached hydrogen (secondary N) is 1. The summed E-state index contributed by atoms with van der Waals surface area (Å²) in [6.45, 7) is 14.1. The molecule has 0 saturated heterocycles. The van der Waals surface area contributed by atoms with Crippen molar-refractivity contribution in [2.45, 2.75) is 67.3 Å². The van der Waals surface area contributed by atoms with Gasteiger partial charge in [0.25, 0.3) is 11.6 Å². The second-order valence-electron chi connectivity index (χ2n) is 5.79. The van der Waals surface area contributed by atoms with Crippen molar-refractivity contribution in [2.24, 2.45) is 14.1 Å². The highest BCUT2D eigenvalue weighted by molar-refractivity contribution is 5.05. The van der Waals surface area contributed by atoms with Gasteiger partial charge in [0.1, 0.15) is 23.3 Å². The quantitative estimate of drug-likeness (QED) is 0.841. The predicted octanol–water partition coefficient (Wildman–Crippen LogP) is 2.48. The van der Waals surface area contributed by atoms with Crippen molar-refractivity contribution in [3.63, 3.8) is 0 Å². The zero-order valence-corrected chi connectivity index (χ0v) is 15.7. The second-order valence-corrected chi connectivity index (χ2v) is 5.79. The maximum atomic E-state index is 3.38. The van der Waals surface area contributed by atoms with Gasteiger partial charge in [0.2, 0.25) is 0 Å². The highest BCUT2D eigenvalue weighted by Crippen LogP contribution is 2.02. The van der Waals surface area contributed by atoms with Crippen LogP contribution in [0.1, 0.15) is 56.4 Å². The van der Waals surface area contributed by atoms with Gasteiger partial charge in [-0.3, -0.25) is 0 Å². The molecule has 4 nitrogen and oxygen atoms in total. The summed E-state index contributed by atoms with van der Waals surface area (Å²) in [5.41, 5.74) is 4.15. The van der Waals surface area contributed by atoms with Crippen molar-refractivity contribution in [3.8, 4) is 0 Å². The summed E-state index contributed by atoms with van der Waals surface area (Å²) >= 11 is 0. The first-order chi connectivity index (χ1) is 10.4. The van der Waals surface area contributed by atoms with E-state index in [4.69, 9.17) is 0 Å². The van der Waals surface area contributed by atoms with Crippen LogP contribution in [0.3, 0.4) is 0 Å². The summed E-state index contributed by atoms with van der Waals surface area (Å²) in [5, 5.41) is 0. The number of nitrogens with zero attached hydrogens (tertiary/aromatic N) is 3. The Morgan fingerprint density at radius 1 is 1.05 bits per heavy atom. The van der Waals surface area contributed by atoms with Crippen LogP contribution in [-0.4, -0.2) is 9.55 Å². The van der Waals surface area contributed by atoms with Crippen LogP contribution < -0.4 is 9.13 Å². The number of hydrogen-bond acceptors (Lipinski definition) is 0. The van der Waals surface area contributed by atoms with Crippen LogP contribution in [0.2, 0.25) is 0 Å². The van der Waals surface area contributed by atoms with Crippen LogP contribution in [0, 0.1) is 13.8 Å². The van der Waals surface area contributed by atoms with Crippen molar-refractivity contribution in [3.05, 3.63) is 34.9 Å². The molecule has 124 valence electrons. The van der Waals surface area contributed by atoms with Gasteiger partial charge in [0.05, 0.1) is 20.6 Å². The fraction of sp³-hybridized carbons (Fsp3) is 0.667. The smallest absolute Gasteiger partial charge is 0.245 e. The molecule has 1 N–H and O–H groups in total. The lowest BCUT2D eigenvalue weighted by Gasteiger charge is -1.93. The van der Waals surface area contributed by atoms with Crippen molar-refractivity contribution in [1.29, 1.82) is 0 Å². The van der Waals surface area contributed by atoms with Gasteiger partial charge in [0.15, 0.2) is 0 Å². The first-order valence-electron chi connectivity index (χ1n) is 8.51. The van der Waals surface area contributed by atoms with E-state index in [1.807, 2.05) is 0 Å². The second kappa shape index (κ2) is 8.16. The molecule has 0 unspecified atom stereocenters. The van der Waals surface area contributed by atoms with E-state index in [1.165, 1.54) is 28.7 Å². The van der Waals surface area contributed by atoms with Gasteiger partial charge in [-0.05, 0) is 6.92 Å². The molecule has 0 aliphatic carbocycles. The van der Waals surface area contributed by atoms with E-state index in [0.717, 1.165) is 25.8 Å². The van der Waals surface area contributed by atoms with E-state index < -0.39 is 0 Å². The Hall–Kier alpha value is -1.58. The molecule has 0 spiro atoms. The lowest BCUT2D eigenvalue weighted by molar-refractivity contribution is -0.704. The SMILES string of the molecule is CCc1[nH]c(C)[n+](CC)c1C.CCc1c[n+](C)c(CC)n1C. The molecule has 0 atom stereocenters. The summed E-state index contributed by atoms with van der Waals surface area (Å²) in [6.07, 6.45) is 5.52. The molecule has 0 aliphatic rings. The normalized spacial score (nSPS) is 10.5. The topological polar surface area (TPSA) is 28.5 Å². The number of H-pyrrole nitrogens is 1. The number of hydrogen-bond donors (Lipinski definition) is 1. The average molecular weight is 306 g/mol. The zero-order chi connectivity index (χ0) is 16.9. The third kappa shape index (κ3) is 3.79. The number of aromatic amines is 1. The third-order valence-electron chi connectivity index (χ3n) is 4.49. The molecule has 0 bridgehead atoms. The van der Waals surface area contributed by atoms with Crippen molar-refractivity contribution in [1.82, 2.24) is 9.55 Å². The maximum Gasteiger partial charge on any atom is 0.255 e. The van der Waals surface area contributed by atoms with Gasteiger partial charge in [-0.1, -0.05) is 20.8 Å². The molecule has 4 heteroatoms. The molecule has 0 aliphatic heterocycles. The molecule has 2 aromatic heterocycles. The minimum absolute atomic E-state index is 1.06. The van der Waals surface area contributed by atoms with E-state index in [0.29, 0.717) is 0 Å². The molecule has 22 heavy (non-hydrogen) atoms. The van der Waals surface area contributed by atoms with E-state index in [2.05, 4.69) is 80.5 Å². The fourth-order valence-electron chi connectivity index (χ4n) is 3.21. The Kier molecular flexibility index (Phi) is 6.85. The predicted molar refractivity (Wildman–Crippen MR) is 90.9 cm³/mol. The van der Waals surface area contributed by atoms with E-state index >= 15 is 0 Å². The van der Waals surface area contributed by atoms with Crippen molar-refractivity contribution < 1.29 is 9.13 Å². The monoisotopic (exact) mass is 306 g/mol. The van der Waals surface area contributed by atoms with Crippen LogP contribution in [0.15, 0.2) is 6.20 Å². The molecule has 0 amide bonds. The van der Waals surface area contributed by atoms with Gasteiger partial charge < -0.3 is 0 Å². The van der Waals surface area contributed by atoms with Crippen LogP contribution in [0.4, 0.5) is 0 Å². The Morgan fingerprint density at radius 2 is 1.68 bits per heavy atom. The van der Waals surface area contributed by atoms with Crippen LogP contribution in [0.25, 0.3) is 0 Å². The highest BCUT2D eigenvalue weighted by Gasteiger charge is 2.14. The van der Waals surface area contributed by atoms with E-state index in [9.17, 15) is 0 Å². The first-order valence-corrected chi connectivity index (χ1v) is 8.51. The maximum absolute atomic E-state index is 3.38. The Labute approximate surface area is 135 Å². The van der Waals surface area contributed by atoms with Crippen LogP contribution in [0.5, 0.6) is 0 Å². The largest absolute Gasteiger partial charge is 0.255 e. The summed E-state index contributed by atoms with van der Waals surface area (Å²) in [7, 11) is 4.25. The molecule has 0 radical (unpaired) electrons. The van der Waals surface area contributed by atoms with Crippen LogP contribution >= 0.6 is 0 Å². The summed E-state index contributed by atoms with van der Waals surface area (Å²) in [4.78, 5) is 3.38. The van der Waals surface area contributed by atoms with Gasteiger partial charge in [-0.25, -0.2) is 18.7 Å². The number of aromatic nitrogens is 4. The molecule has 0 fully saturated rings. The first kappa shape index (κ1) is 18.5. The minimum atomic E-state index is 1.06. The average Bonchev–Trinajstić information content (AvgIpc) is 2.94. The van der Waals surface area contributed by atoms with Gasteiger partial charge in [-0.15, -0.1) is 0 Å².